The van der Waals surface area contributed by atoms with Gasteiger partial charge in [0.05, 0.1) is 0 Å². The molecule has 8 heteroatoms. The SMILES string of the molecule is Cc1ccc(S(=O)(=O)O/N=C(/C#N)C(=O)O)cc1. The van der Waals surface area contributed by atoms with E-state index < -0.39 is 21.8 Å². The van der Waals surface area contributed by atoms with Crippen molar-refractivity contribution < 1.29 is 22.6 Å². The summed E-state index contributed by atoms with van der Waals surface area (Å²) in [7, 11) is -4.22. The number of carboxylic acid groups (broad SMARTS) is 1. The second-order valence-corrected chi connectivity index (χ2v) is 4.73. The van der Waals surface area contributed by atoms with Crippen LogP contribution in [0.4, 0.5) is 0 Å². The highest BCUT2D eigenvalue weighted by Crippen LogP contribution is 2.13. The molecule has 0 saturated carbocycles. The van der Waals surface area contributed by atoms with Crippen LogP contribution < -0.4 is 0 Å². The molecule has 0 bridgehead atoms. The zero-order chi connectivity index (χ0) is 13.8. The Morgan fingerprint density at radius 3 is 2.39 bits per heavy atom. The molecule has 0 aliphatic rings. The first-order chi connectivity index (χ1) is 8.36. The molecule has 1 rings (SSSR count). The second kappa shape index (κ2) is 5.29. The van der Waals surface area contributed by atoms with E-state index >= 15 is 0 Å². The number of hydrogen-bond acceptors (Lipinski definition) is 6. The van der Waals surface area contributed by atoms with E-state index in [1.165, 1.54) is 18.2 Å². The van der Waals surface area contributed by atoms with Gasteiger partial charge in [-0.3, -0.25) is 4.28 Å². The number of benzene rings is 1. The van der Waals surface area contributed by atoms with E-state index in [-0.39, 0.29) is 4.90 Å². The Balaban J connectivity index is 3.00. The molecule has 0 aliphatic heterocycles. The maximum Gasteiger partial charge on any atom is 0.369 e. The van der Waals surface area contributed by atoms with Crippen LogP contribution in [0.15, 0.2) is 34.3 Å². The summed E-state index contributed by atoms with van der Waals surface area (Å²) in [5.74, 6) is -1.67. The molecule has 0 aromatic heterocycles. The minimum absolute atomic E-state index is 0.181. The lowest BCUT2D eigenvalue weighted by Gasteiger charge is -2.01. The molecule has 1 aromatic rings. The van der Waals surface area contributed by atoms with Gasteiger partial charge in [0.15, 0.2) is 0 Å². The first-order valence-electron chi connectivity index (χ1n) is 4.58. The molecule has 0 unspecified atom stereocenters. The molecular formula is C10H8N2O5S. The predicted molar refractivity (Wildman–Crippen MR) is 60.1 cm³/mol. The van der Waals surface area contributed by atoms with Crippen molar-refractivity contribution in [1.82, 2.24) is 0 Å². The Bertz CT molecular complexity index is 625. The normalized spacial score (nSPS) is 11.7. The third-order valence-corrected chi connectivity index (χ3v) is 2.97. The van der Waals surface area contributed by atoms with Gasteiger partial charge in [0.2, 0.25) is 0 Å². The van der Waals surface area contributed by atoms with Gasteiger partial charge in [0.1, 0.15) is 11.0 Å². The summed E-state index contributed by atoms with van der Waals surface area (Å²) in [4.78, 5) is 10.2. The number of carboxylic acids is 1. The molecular weight excluding hydrogens is 260 g/mol. The number of aliphatic carboxylic acids is 1. The molecule has 0 atom stereocenters. The smallest absolute Gasteiger partial charge is 0.369 e. The lowest BCUT2D eigenvalue weighted by Crippen LogP contribution is -2.12. The molecule has 7 nitrogen and oxygen atoms in total. The van der Waals surface area contributed by atoms with Gasteiger partial charge in [-0.2, -0.15) is 13.7 Å². The molecule has 0 spiro atoms. The topological polar surface area (TPSA) is 117 Å². The van der Waals surface area contributed by atoms with Gasteiger partial charge < -0.3 is 5.11 Å². The molecule has 0 heterocycles. The summed E-state index contributed by atoms with van der Waals surface area (Å²) in [6, 6.07) is 6.85. The highest BCUT2D eigenvalue weighted by molar-refractivity contribution is 7.86. The predicted octanol–water partition coefficient (Wildman–Crippen LogP) is 0.665. The quantitative estimate of drug-likeness (QED) is 0.633. The number of oxime groups is 1. The minimum atomic E-state index is -4.22. The molecule has 1 aromatic carbocycles. The molecule has 0 amide bonds. The van der Waals surface area contributed by atoms with Crippen LogP contribution in [-0.4, -0.2) is 25.2 Å². The maximum absolute atomic E-state index is 11.6. The molecule has 0 fully saturated rings. The fraction of sp³-hybridized carbons (Fsp3) is 0.100. The van der Waals surface area contributed by atoms with Crippen LogP contribution in [-0.2, 0) is 19.2 Å². The lowest BCUT2D eigenvalue weighted by atomic mass is 10.2. The van der Waals surface area contributed by atoms with E-state index in [1.807, 2.05) is 0 Å². The van der Waals surface area contributed by atoms with Crippen molar-refractivity contribution in [3.05, 3.63) is 29.8 Å². The summed E-state index contributed by atoms with van der Waals surface area (Å²) >= 11 is 0. The third-order valence-electron chi connectivity index (χ3n) is 1.84. The average Bonchev–Trinajstić information content (AvgIpc) is 2.29. The number of nitriles is 1. The molecule has 0 saturated heterocycles. The Hall–Kier alpha value is -2.40. The Kier molecular flexibility index (Phi) is 4.01. The van der Waals surface area contributed by atoms with Gasteiger partial charge >= 0.3 is 16.1 Å². The summed E-state index contributed by atoms with van der Waals surface area (Å²) in [5, 5.41) is 19.6. The van der Waals surface area contributed by atoms with Crippen molar-refractivity contribution in [3.63, 3.8) is 0 Å². The number of nitrogens with zero attached hydrogens (tertiary/aromatic N) is 2. The number of aryl methyl sites for hydroxylation is 1. The van der Waals surface area contributed by atoms with Crippen molar-refractivity contribution in [1.29, 1.82) is 5.26 Å². The van der Waals surface area contributed by atoms with Crippen LogP contribution in [0.25, 0.3) is 0 Å². The van der Waals surface area contributed by atoms with E-state index in [4.69, 9.17) is 10.4 Å². The molecule has 0 aliphatic carbocycles. The van der Waals surface area contributed by atoms with E-state index in [0.29, 0.717) is 0 Å². The van der Waals surface area contributed by atoms with E-state index in [0.717, 1.165) is 5.56 Å². The minimum Gasteiger partial charge on any atom is -0.476 e. The molecule has 1 N–H and O–H groups in total. The summed E-state index contributed by atoms with van der Waals surface area (Å²) in [5.41, 5.74) is -0.202. The van der Waals surface area contributed by atoms with Gasteiger partial charge in [0, 0.05) is 0 Å². The van der Waals surface area contributed by atoms with Crippen molar-refractivity contribution >= 4 is 21.8 Å². The summed E-state index contributed by atoms with van der Waals surface area (Å²) < 4.78 is 27.2. The fourth-order valence-electron chi connectivity index (χ4n) is 0.942. The van der Waals surface area contributed by atoms with Crippen molar-refractivity contribution in [2.75, 3.05) is 0 Å². The van der Waals surface area contributed by atoms with E-state index in [2.05, 4.69) is 9.44 Å². The van der Waals surface area contributed by atoms with Crippen LogP contribution in [0.5, 0.6) is 0 Å². The monoisotopic (exact) mass is 268 g/mol. The van der Waals surface area contributed by atoms with Crippen LogP contribution in [0.3, 0.4) is 0 Å². The summed E-state index contributed by atoms with van der Waals surface area (Å²) in [6.07, 6.45) is 0. The number of rotatable bonds is 4. The van der Waals surface area contributed by atoms with Crippen molar-refractivity contribution in [2.24, 2.45) is 5.16 Å². The van der Waals surface area contributed by atoms with E-state index in [9.17, 15) is 13.2 Å². The first-order valence-corrected chi connectivity index (χ1v) is 5.99. The second-order valence-electron chi connectivity index (χ2n) is 3.20. The molecule has 18 heavy (non-hydrogen) atoms. The van der Waals surface area contributed by atoms with Gasteiger partial charge in [0.25, 0.3) is 5.71 Å². The van der Waals surface area contributed by atoms with Gasteiger partial charge in [-0.05, 0) is 24.2 Å². The zero-order valence-corrected chi connectivity index (χ0v) is 10.0. The molecule has 0 radical (unpaired) electrons. The van der Waals surface area contributed by atoms with Crippen molar-refractivity contribution in [3.8, 4) is 6.07 Å². The van der Waals surface area contributed by atoms with Crippen LogP contribution in [0.1, 0.15) is 5.56 Å². The number of carbonyl (C=O) groups is 1. The Labute approximate surface area is 103 Å². The number of hydrogen-bond donors (Lipinski definition) is 1. The Morgan fingerprint density at radius 1 is 1.39 bits per heavy atom. The highest BCUT2D eigenvalue weighted by Gasteiger charge is 2.17. The standard InChI is InChI=1S/C10H8N2O5S/c1-7-2-4-8(5-3-7)18(15,16)17-12-9(6-11)10(13)14/h2-5H,1H3,(H,13,14)/b12-9-. The Morgan fingerprint density at radius 2 is 1.94 bits per heavy atom. The van der Waals surface area contributed by atoms with Gasteiger partial charge in [-0.15, -0.1) is 0 Å². The lowest BCUT2D eigenvalue weighted by molar-refractivity contribution is -0.129. The van der Waals surface area contributed by atoms with Crippen LogP contribution in [0.2, 0.25) is 0 Å². The highest BCUT2D eigenvalue weighted by atomic mass is 32.2. The average molecular weight is 268 g/mol. The zero-order valence-electron chi connectivity index (χ0n) is 9.19. The van der Waals surface area contributed by atoms with Gasteiger partial charge in [-0.1, -0.05) is 17.7 Å². The summed E-state index contributed by atoms with van der Waals surface area (Å²) in [6.45, 7) is 1.77. The maximum atomic E-state index is 11.6. The van der Waals surface area contributed by atoms with Crippen LogP contribution >= 0.6 is 0 Å². The van der Waals surface area contributed by atoms with E-state index in [1.54, 1.807) is 19.1 Å². The first kappa shape index (κ1) is 13.7. The fourth-order valence-corrected chi connectivity index (χ4v) is 1.67. The third kappa shape index (κ3) is 3.29. The van der Waals surface area contributed by atoms with Crippen LogP contribution in [0, 0.1) is 18.3 Å². The van der Waals surface area contributed by atoms with Gasteiger partial charge in [-0.25, -0.2) is 4.79 Å². The largest absolute Gasteiger partial charge is 0.476 e. The molecule has 94 valence electrons. The van der Waals surface area contributed by atoms with Crippen molar-refractivity contribution in [2.45, 2.75) is 11.8 Å².